The number of hydrogen-bond acceptors (Lipinski definition) is 7. The van der Waals surface area contributed by atoms with Crippen molar-refractivity contribution in [3.63, 3.8) is 0 Å². The maximum Gasteiger partial charge on any atom is 0.344 e. The fourth-order valence-electron chi connectivity index (χ4n) is 5.46. The minimum Gasteiger partial charge on any atom is -0.328 e. The van der Waals surface area contributed by atoms with Crippen LogP contribution >= 0.6 is 15.2 Å². The van der Waals surface area contributed by atoms with Gasteiger partial charge in [-0.25, -0.2) is 0 Å². The Morgan fingerprint density at radius 1 is 0.524 bits per heavy atom. The first kappa shape index (κ1) is 42.2. The van der Waals surface area contributed by atoms with Gasteiger partial charge in [0.15, 0.2) is 0 Å². The highest BCUT2D eigenvalue weighted by Crippen LogP contribution is 2.52. The highest BCUT2D eigenvalue weighted by molar-refractivity contribution is 7.54. The predicted octanol–water partition coefficient (Wildman–Crippen LogP) is 10.1. The summed E-state index contributed by atoms with van der Waals surface area (Å²) in [5.41, 5.74) is 0. The largest absolute Gasteiger partial charge is 0.344 e. The van der Waals surface area contributed by atoms with E-state index in [1.807, 2.05) is 4.90 Å². The van der Waals surface area contributed by atoms with E-state index in [1.54, 1.807) is 20.8 Å². The number of hydrogen-bond donors (Lipinski definition) is 0. The quantitative estimate of drug-likeness (QED) is 0.0411. The van der Waals surface area contributed by atoms with Gasteiger partial charge in [-0.3, -0.25) is 14.0 Å². The van der Waals surface area contributed by atoms with Gasteiger partial charge in [0.25, 0.3) is 0 Å². The van der Waals surface area contributed by atoms with Gasteiger partial charge in [0.2, 0.25) is 0 Å². The molecular formula is C32H71N2O6P2+. The minimum atomic E-state index is -3.33. The van der Waals surface area contributed by atoms with Crippen molar-refractivity contribution in [1.29, 1.82) is 0 Å². The van der Waals surface area contributed by atoms with Gasteiger partial charge in [-0.1, -0.05) is 96.8 Å². The molecule has 0 rings (SSSR count). The Hall–Kier alpha value is 0.220. The van der Waals surface area contributed by atoms with Crippen molar-refractivity contribution in [3.8, 4) is 0 Å². The maximum atomic E-state index is 13.2. The summed E-state index contributed by atoms with van der Waals surface area (Å²) >= 11 is 0. The number of rotatable bonds is 32. The lowest BCUT2D eigenvalue weighted by atomic mass is 10.0. The molecule has 254 valence electrons. The van der Waals surface area contributed by atoms with Crippen LogP contribution in [0.4, 0.5) is 0 Å². The van der Waals surface area contributed by atoms with Crippen LogP contribution in [0.2, 0.25) is 0 Å². The SMILES string of the molecule is CCCCCCCCCCCCCCCCCC[N+](C)(C)CCCN(CP(=O)(OC)OCC)CP(=O)(OCC)OCC. The molecule has 0 aliphatic rings. The van der Waals surface area contributed by atoms with Crippen molar-refractivity contribution < 1.29 is 31.7 Å². The first-order chi connectivity index (χ1) is 20.1. The van der Waals surface area contributed by atoms with E-state index in [-0.39, 0.29) is 19.2 Å². The van der Waals surface area contributed by atoms with Gasteiger partial charge < -0.3 is 22.6 Å². The Bertz CT molecular complexity index is 700. The summed E-state index contributed by atoms with van der Waals surface area (Å²) < 4.78 is 49.0. The van der Waals surface area contributed by atoms with Crippen LogP contribution in [0.1, 0.15) is 137 Å². The molecule has 0 spiro atoms. The molecule has 0 radical (unpaired) electrons. The second-order valence-electron chi connectivity index (χ2n) is 12.4. The summed E-state index contributed by atoms with van der Waals surface area (Å²) in [6, 6.07) is 0. The van der Waals surface area contributed by atoms with Crippen molar-refractivity contribution >= 4 is 15.2 Å². The van der Waals surface area contributed by atoms with Crippen LogP contribution in [0.25, 0.3) is 0 Å². The normalized spacial score (nSPS) is 14.1. The summed E-state index contributed by atoms with van der Waals surface area (Å²) in [6.45, 7) is 11.3. The first-order valence-electron chi connectivity index (χ1n) is 17.3. The van der Waals surface area contributed by atoms with Crippen LogP contribution in [-0.4, -0.2) is 82.6 Å². The second kappa shape index (κ2) is 26.4. The number of nitrogens with zero attached hydrogens (tertiary/aromatic N) is 2. The van der Waals surface area contributed by atoms with Crippen molar-refractivity contribution in [1.82, 2.24) is 4.90 Å². The third-order valence-electron chi connectivity index (χ3n) is 7.86. The Balaban J connectivity index is 4.28. The molecule has 10 heteroatoms. The van der Waals surface area contributed by atoms with Crippen molar-refractivity contribution in [2.45, 2.75) is 137 Å². The van der Waals surface area contributed by atoms with Gasteiger partial charge in [-0.2, -0.15) is 0 Å². The topological polar surface area (TPSA) is 74.3 Å². The maximum absolute atomic E-state index is 13.2. The van der Waals surface area contributed by atoms with Crippen LogP contribution in [0.3, 0.4) is 0 Å². The molecule has 0 saturated carbocycles. The van der Waals surface area contributed by atoms with Crippen LogP contribution in [-0.2, 0) is 27.2 Å². The van der Waals surface area contributed by atoms with Crippen molar-refractivity contribution in [2.24, 2.45) is 0 Å². The molecule has 42 heavy (non-hydrogen) atoms. The Labute approximate surface area is 261 Å². The smallest absolute Gasteiger partial charge is 0.328 e. The average Bonchev–Trinajstić information content (AvgIpc) is 2.93. The van der Waals surface area contributed by atoms with Crippen molar-refractivity contribution in [2.75, 3.05) is 73.2 Å². The molecular weight excluding hydrogens is 570 g/mol. The zero-order valence-electron chi connectivity index (χ0n) is 28.9. The summed E-state index contributed by atoms with van der Waals surface area (Å²) in [7, 11) is -0.693. The fourth-order valence-corrected chi connectivity index (χ4v) is 8.80. The minimum absolute atomic E-state index is 0.0635. The Kier molecular flexibility index (Phi) is 26.6. The van der Waals surface area contributed by atoms with E-state index in [4.69, 9.17) is 18.1 Å². The van der Waals surface area contributed by atoms with Crippen molar-refractivity contribution in [3.05, 3.63) is 0 Å². The first-order valence-corrected chi connectivity index (χ1v) is 20.8. The molecule has 0 aromatic carbocycles. The molecule has 0 aliphatic heterocycles. The molecule has 0 fully saturated rings. The molecule has 0 amide bonds. The van der Waals surface area contributed by atoms with E-state index < -0.39 is 15.2 Å². The van der Waals surface area contributed by atoms with Crippen LogP contribution in [0.5, 0.6) is 0 Å². The number of unbranched alkanes of at least 4 members (excludes halogenated alkanes) is 15. The zero-order valence-corrected chi connectivity index (χ0v) is 30.7. The summed E-state index contributed by atoms with van der Waals surface area (Å²) in [6.07, 6.45) is 23.2. The second-order valence-corrected chi connectivity index (χ2v) is 16.5. The van der Waals surface area contributed by atoms with Gasteiger partial charge >= 0.3 is 15.2 Å². The molecule has 0 aliphatic carbocycles. The number of quaternary nitrogens is 1. The molecule has 0 bridgehead atoms. The van der Waals surface area contributed by atoms with E-state index in [1.165, 1.54) is 110 Å². The molecule has 0 saturated heterocycles. The Morgan fingerprint density at radius 3 is 1.29 bits per heavy atom. The van der Waals surface area contributed by atoms with E-state index in [2.05, 4.69) is 21.0 Å². The van der Waals surface area contributed by atoms with Gasteiger partial charge in [0.1, 0.15) is 12.6 Å². The monoisotopic (exact) mass is 641 g/mol. The molecule has 0 aromatic heterocycles. The average molecular weight is 642 g/mol. The zero-order chi connectivity index (χ0) is 31.6. The molecule has 1 atom stereocenters. The third-order valence-corrected chi connectivity index (χ3v) is 11.9. The predicted molar refractivity (Wildman–Crippen MR) is 180 cm³/mol. The lowest BCUT2D eigenvalue weighted by Crippen LogP contribution is -2.42. The lowest BCUT2D eigenvalue weighted by Gasteiger charge is -2.32. The molecule has 0 heterocycles. The molecule has 8 nitrogen and oxygen atoms in total. The van der Waals surface area contributed by atoms with Gasteiger partial charge in [0.05, 0.1) is 47.0 Å². The van der Waals surface area contributed by atoms with E-state index in [0.717, 1.165) is 24.0 Å². The van der Waals surface area contributed by atoms with Crippen LogP contribution in [0, 0.1) is 0 Å². The van der Waals surface area contributed by atoms with E-state index in [9.17, 15) is 9.13 Å². The fraction of sp³-hybridized carbons (Fsp3) is 1.00. The highest BCUT2D eigenvalue weighted by atomic mass is 31.2. The van der Waals surface area contributed by atoms with Gasteiger partial charge in [-0.05, 0) is 33.6 Å². The molecule has 0 aromatic rings. The Morgan fingerprint density at radius 2 is 0.881 bits per heavy atom. The summed E-state index contributed by atoms with van der Waals surface area (Å²) in [5, 5.41) is 0. The third kappa shape index (κ3) is 23.6. The molecule has 1 unspecified atom stereocenters. The highest BCUT2D eigenvalue weighted by Gasteiger charge is 2.33. The van der Waals surface area contributed by atoms with E-state index in [0.29, 0.717) is 19.8 Å². The standard InChI is InChI=1S/C32H71N2O6P2/c1-8-12-13-14-15-16-17-18-19-20-21-22-23-24-25-26-29-34(5,6)30-27-28-33(31-41(35,37-7)38-9-2)32-42(36,39-10-3)40-11-4/h8-32H2,1-7H3/q+1. The van der Waals surface area contributed by atoms with E-state index >= 15 is 0 Å². The molecule has 0 N–H and O–H groups in total. The summed E-state index contributed by atoms with van der Waals surface area (Å²) in [4.78, 5) is 1.88. The summed E-state index contributed by atoms with van der Waals surface area (Å²) in [5.74, 6) is 0. The van der Waals surface area contributed by atoms with Crippen LogP contribution < -0.4 is 0 Å². The van der Waals surface area contributed by atoms with Gasteiger partial charge in [0, 0.05) is 20.1 Å². The van der Waals surface area contributed by atoms with Gasteiger partial charge in [-0.15, -0.1) is 0 Å². The van der Waals surface area contributed by atoms with Crippen LogP contribution in [0.15, 0.2) is 0 Å². The lowest BCUT2D eigenvalue weighted by molar-refractivity contribution is -0.890.